The maximum Gasteiger partial charge on any atom is 0.238 e. The summed E-state index contributed by atoms with van der Waals surface area (Å²) in [5.74, 6) is -2.29. The zero-order valence-corrected chi connectivity index (χ0v) is 14.9. The predicted molar refractivity (Wildman–Crippen MR) is 91.9 cm³/mol. The normalized spacial score (nSPS) is 11.6. The van der Waals surface area contributed by atoms with Gasteiger partial charge in [-0.15, -0.1) is 0 Å². The zero-order chi connectivity index (χ0) is 19.1. The predicted octanol–water partition coefficient (Wildman–Crippen LogP) is 3.13. The zero-order valence-electron chi connectivity index (χ0n) is 13.3. The summed E-state index contributed by atoms with van der Waals surface area (Å²) in [6.07, 6.45) is 1.31. The molecule has 1 aromatic heterocycles. The van der Waals surface area contributed by atoms with E-state index >= 15 is 0 Å². The molecule has 2 N–H and O–H groups in total. The van der Waals surface area contributed by atoms with Crippen LogP contribution in [0, 0.1) is 11.6 Å². The Morgan fingerprint density at radius 3 is 2.23 bits per heavy atom. The van der Waals surface area contributed by atoms with Crippen LogP contribution in [0.3, 0.4) is 0 Å². The number of benzene rings is 2. The molecular weight excluding hydrogens is 388 g/mol. The number of primary sulfonamides is 1. The van der Waals surface area contributed by atoms with E-state index in [9.17, 15) is 17.2 Å². The number of hydrogen-bond donors (Lipinski definition) is 1. The Morgan fingerprint density at radius 1 is 1.15 bits per heavy atom. The first-order valence-corrected chi connectivity index (χ1v) is 9.05. The lowest BCUT2D eigenvalue weighted by Gasteiger charge is -2.11. The number of ether oxygens (including phenoxy) is 1. The summed E-state index contributed by atoms with van der Waals surface area (Å²) >= 11 is 6.14. The Hall–Kier alpha value is -2.49. The second kappa shape index (κ2) is 6.67. The van der Waals surface area contributed by atoms with Gasteiger partial charge in [-0.1, -0.05) is 11.6 Å². The van der Waals surface area contributed by atoms with Gasteiger partial charge in [0.15, 0.2) is 17.4 Å². The standard InChI is InChI=1S/C16H12ClF2N3O3S/c1-25-16-13(18)6-9(7-14(16)19)15-12(17)8-21-22(15)10-2-4-11(5-3-10)26(20,23)24/h2-8H,1H3,(H2,20,23,24). The van der Waals surface area contributed by atoms with Gasteiger partial charge in [0.2, 0.25) is 10.0 Å². The largest absolute Gasteiger partial charge is 0.491 e. The summed E-state index contributed by atoms with van der Waals surface area (Å²) in [7, 11) is -2.69. The average molecular weight is 400 g/mol. The highest BCUT2D eigenvalue weighted by atomic mass is 35.5. The second-order valence-corrected chi connectivity index (χ2v) is 7.23. The van der Waals surface area contributed by atoms with Crippen molar-refractivity contribution in [1.29, 1.82) is 0 Å². The van der Waals surface area contributed by atoms with Crippen molar-refractivity contribution >= 4 is 21.6 Å². The summed E-state index contributed by atoms with van der Waals surface area (Å²) in [5, 5.41) is 9.31. The van der Waals surface area contributed by atoms with E-state index < -0.39 is 27.4 Å². The van der Waals surface area contributed by atoms with Crippen LogP contribution < -0.4 is 9.88 Å². The number of nitrogens with zero attached hydrogens (tertiary/aromatic N) is 2. The molecule has 3 rings (SSSR count). The van der Waals surface area contributed by atoms with E-state index in [0.717, 1.165) is 19.2 Å². The molecule has 0 radical (unpaired) electrons. The van der Waals surface area contributed by atoms with Gasteiger partial charge in [0.25, 0.3) is 0 Å². The number of halogens is 3. The van der Waals surface area contributed by atoms with Crippen molar-refractivity contribution in [2.45, 2.75) is 4.90 Å². The fourth-order valence-corrected chi connectivity index (χ4v) is 3.20. The molecule has 0 saturated heterocycles. The van der Waals surface area contributed by atoms with Gasteiger partial charge in [-0.05, 0) is 36.4 Å². The topological polar surface area (TPSA) is 87.2 Å². The van der Waals surface area contributed by atoms with Crippen molar-refractivity contribution in [3.8, 4) is 22.7 Å². The number of aromatic nitrogens is 2. The van der Waals surface area contributed by atoms with Gasteiger partial charge in [-0.25, -0.2) is 27.0 Å². The third-order valence-corrected chi connectivity index (χ3v) is 4.82. The second-order valence-electron chi connectivity index (χ2n) is 5.26. The number of methoxy groups -OCH3 is 1. The highest BCUT2D eigenvalue weighted by molar-refractivity contribution is 7.89. The molecule has 0 aliphatic carbocycles. The molecule has 26 heavy (non-hydrogen) atoms. The molecule has 0 amide bonds. The van der Waals surface area contributed by atoms with Crippen LogP contribution >= 0.6 is 11.6 Å². The highest BCUT2D eigenvalue weighted by Crippen LogP contribution is 2.34. The first-order chi connectivity index (χ1) is 12.2. The Kier molecular flexibility index (Phi) is 4.70. The lowest BCUT2D eigenvalue weighted by Crippen LogP contribution is -2.12. The van der Waals surface area contributed by atoms with Crippen LogP contribution in [0.25, 0.3) is 16.9 Å². The lowest BCUT2D eigenvalue weighted by atomic mass is 10.1. The smallest absolute Gasteiger partial charge is 0.238 e. The molecule has 0 saturated carbocycles. The molecule has 0 unspecified atom stereocenters. The van der Waals surface area contributed by atoms with Gasteiger partial charge in [0.05, 0.1) is 34.6 Å². The molecule has 0 atom stereocenters. The van der Waals surface area contributed by atoms with Crippen LogP contribution in [-0.4, -0.2) is 25.3 Å². The fourth-order valence-electron chi connectivity index (χ4n) is 2.45. The molecule has 6 nitrogen and oxygen atoms in total. The molecule has 0 fully saturated rings. The summed E-state index contributed by atoms with van der Waals surface area (Å²) in [6, 6.07) is 7.62. The quantitative estimate of drug-likeness (QED) is 0.730. The van der Waals surface area contributed by atoms with E-state index in [2.05, 4.69) is 9.84 Å². The lowest BCUT2D eigenvalue weighted by molar-refractivity contribution is 0.360. The minimum atomic E-state index is -3.85. The van der Waals surface area contributed by atoms with E-state index in [0.29, 0.717) is 5.69 Å². The summed E-state index contributed by atoms with van der Waals surface area (Å²) in [6.45, 7) is 0. The maximum absolute atomic E-state index is 14.0. The number of sulfonamides is 1. The van der Waals surface area contributed by atoms with Crippen LogP contribution in [0.15, 0.2) is 47.5 Å². The summed E-state index contributed by atoms with van der Waals surface area (Å²) < 4.78 is 56.8. The van der Waals surface area contributed by atoms with Crippen LogP contribution in [-0.2, 0) is 10.0 Å². The first kappa shape index (κ1) is 18.3. The highest BCUT2D eigenvalue weighted by Gasteiger charge is 2.19. The molecule has 0 aliphatic rings. The maximum atomic E-state index is 14.0. The molecule has 0 bridgehead atoms. The minimum absolute atomic E-state index is 0.0809. The van der Waals surface area contributed by atoms with Crippen LogP contribution in [0.1, 0.15) is 0 Å². The Morgan fingerprint density at radius 2 is 1.73 bits per heavy atom. The molecule has 10 heteroatoms. The van der Waals surface area contributed by atoms with Crippen molar-refractivity contribution in [3.63, 3.8) is 0 Å². The van der Waals surface area contributed by atoms with Crippen LogP contribution in [0.2, 0.25) is 5.02 Å². The van der Waals surface area contributed by atoms with Crippen molar-refractivity contribution in [2.24, 2.45) is 5.14 Å². The summed E-state index contributed by atoms with van der Waals surface area (Å²) in [4.78, 5) is -0.0809. The SMILES string of the molecule is COc1c(F)cc(-c2c(Cl)cnn2-c2ccc(S(N)(=O)=O)cc2)cc1F. The minimum Gasteiger partial charge on any atom is -0.491 e. The van der Waals surface area contributed by atoms with Gasteiger partial charge >= 0.3 is 0 Å². The Bertz CT molecular complexity index is 1060. The van der Waals surface area contributed by atoms with Crippen molar-refractivity contribution in [2.75, 3.05) is 7.11 Å². The molecule has 0 aliphatic heterocycles. The Labute approximate surface area is 152 Å². The first-order valence-electron chi connectivity index (χ1n) is 7.12. The molecule has 136 valence electrons. The van der Waals surface area contributed by atoms with Crippen LogP contribution in [0.5, 0.6) is 5.75 Å². The van der Waals surface area contributed by atoms with Gasteiger partial charge in [0.1, 0.15) is 0 Å². The molecule has 3 aromatic rings. The van der Waals surface area contributed by atoms with Crippen molar-refractivity contribution in [3.05, 3.63) is 59.3 Å². The number of rotatable bonds is 4. The molecule has 0 spiro atoms. The fraction of sp³-hybridized carbons (Fsp3) is 0.0625. The summed E-state index contributed by atoms with van der Waals surface area (Å²) in [5.41, 5.74) is 0.797. The molecule has 1 heterocycles. The number of nitrogens with two attached hydrogens (primary N) is 1. The van der Waals surface area contributed by atoms with Gasteiger partial charge < -0.3 is 4.74 Å². The van der Waals surface area contributed by atoms with Crippen molar-refractivity contribution in [1.82, 2.24) is 9.78 Å². The van der Waals surface area contributed by atoms with Gasteiger partial charge in [-0.3, -0.25) is 0 Å². The van der Waals surface area contributed by atoms with E-state index in [1.54, 1.807) is 0 Å². The average Bonchev–Trinajstić information content (AvgIpc) is 2.95. The Balaban J connectivity index is 2.14. The monoisotopic (exact) mass is 399 g/mol. The molecular formula is C16H12ClF2N3O3S. The van der Waals surface area contributed by atoms with Crippen molar-refractivity contribution < 1.29 is 21.9 Å². The van der Waals surface area contributed by atoms with E-state index in [1.165, 1.54) is 35.1 Å². The third kappa shape index (κ3) is 3.28. The number of hydrogen-bond acceptors (Lipinski definition) is 4. The van der Waals surface area contributed by atoms with E-state index in [-0.39, 0.29) is 21.2 Å². The molecule has 2 aromatic carbocycles. The van der Waals surface area contributed by atoms with Crippen LogP contribution in [0.4, 0.5) is 8.78 Å². The van der Waals surface area contributed by atoms with E-state index in [1.807, 2.05) is 0 Å². The third-order valence-electron chi connectivity index (χ3n) is 3.61. The van der Waals surface area contributed by atoms with E-state index in [4.69, 9.17) is 16.7 Å². The van der Waals surface area contributed by atoms with Gasteiger partial charge in [-0.2, -0.15) is 5.10 Å². The van der Waals surface area contributed by atoms with Gasteiger partial charge in [0, 0.05) is 5.56 Å².